The summed E-state index contributed by atoms with van der Waals surface area (Å²) in [6.45, 7) is -0.918. The summed E-state index contributed by atoms with van der Waals surface area (Å²) in [4.78, 5) is 30.4. The molecule has 1 fully saturated rings. The molecule has 1 aliphatic heterocycles. The predicted molar refractivity (Wildman–Crippen MR) is 76.7 cm³/mol. The Bertz CT molecular complexity index is 601. The average Bonchev–Trinajstić information content (AvgIpc) is 2.92. The van der Waals surface area contributed by atoms with Gasteiger partial charge in [-0.3, -0.25) is 9.59 Å². The molecule has 6 nitrogen and oxygen atoms in total. The lowest BCUT2D eigenvalue weighted by atomic mass is 9.95. The van der Waals surface area contributed by atoms with Gasteiger partial charge in [0.1, 0.15) is 5.82 Å². The summed E-state index contributed by atoms with van der Waals surface area (Å²) in [7, 11) is 3.55. The first-order valence-electron chi connectivity index (χ1n) is 6.90. The molecule has 0 aliphatic carbocycles. The van der Waals surface area contributed by atoms with Crippen molar-refractivity contribution in [3.63, 3.8) is 0 Å². The Morgan fingerprint density at radius 1 is 1.30 bits per heavy atom. The lowest BCUT2D eigenvalue weighted by Crippen LogP contribution is -2.37. The number of hydrogen-bond acceptors (Lipinski definition) is 4. The normalized spacial score (nSPS) is 21.3. The van der Waals surface area contributed by atoms with Gasteiger partial charge < -0.3 is 15.5 Å². The number of halogens is 3. The number of likely N-dealkylation sites (tertiary alicyclic amines) is 1. The molecule has 23 heavy (non-hydrogen) atoms. The van der Waals surface area contributed by atoms with Gasteiger partial charge in [-0.05, 0) is 12.1 Å². The maximum atomic E-state index is 13.0. The maximum Gasteiger partial charge on any atom is 0.394 e. The van der Waals surface area contributed by atoms with Crippen LogP contribution in [-0.4, -0.2) is 55.1 Å². The second-order valence-corrected chi connectivity index (χ2v) is 5.67. The Labute approximate surface area is 131 Å². The summed E-state index contributed by atoms with van der Waals surface area (Å²) >= 11 is 0. The molecule has 0 radical (unpaired) electrons. The highest BCUT2D eigenvalue weighted by molar-refractivity contribution is 5.95. The second kappa shape index (κ2) is 6.05. The second-order valence-electron chi connectivity index (χ2n) is 5.67. The van der Waals surface area contributed by atoms with E-state index in [9.17, 15) is 22.8 Å². The van der Waals surface area contributed by atoms with Gasteiger partial charge in [0, 0.05) is 33.4 Å². The van der Waals surface area contributed by atoms with Gasteiger partial charge >= 0.3 is 6.18 Å². The topological polar surface area (TPSA) is 79.5 Å². The zero-order valence-corrected chi connectivity index (χ0v) is 12.7. The predicted octanol–water partition coefficient (Wildman–Crippen LogP) is 0.883. The number of rotatable bonds is 3. The molecule has 2 heterocycles. The molecule has 0 saturated carbocycles. The summed E-state index contributed by atoms with van der Waals surface area (Å²) in [6, 6.07) is 3.08. The van der Waals surface area contributed by atoms with Gasteiger partial charge in [0.05, 0.1) is 17.4 Å². The number of hydrogen-bond donors (Lipinski definition) is 1. The van der Waals surface area contributed by atoms with Crippen LogP contribution in [0, 0.1) is 11.8 Å². The van der Waals surface area contributed by atoms with Crippen LogP contribution < -0.4 is 10.6 Å². The largest absolute Gasteiger partial charge is 0.394 e. The van der Waals surface area contributed by atoms with Crippen molar-refractivity contribution in [1.82, 2.24) is 9.88 Å². The minimum atomic E-state index is -4.58. The van der Waals surface area contributed by atoms with E-state index in [-0.39, 0.29) is 12.1 Å². The van der Waals surface area contributed by atoms with Crippen LogP contribution in [0.4, 0.5) is 19.0 Å². The van der Waals surface area contributed by atoms with Crippen molar-refractivity contribution in [3.8, 4) is 0 Å². The number of anilines is 1. The Morgan fingerprint density at radius 2 is 1.96 bits per heavy atom. The molecule has 1 aromatic heterocycles. The van der Waals surface area contributed by atoms with Gasteiger partial charge in [-0.25, -0.2) is 4.98 Å². The molecule has 1 aromatic rings. The average molecular weight is 330 g/mol. The van der Waals surface area contributed by atoms with Crippen molar-refractivity contribution in [2.45, 2.75) is 6.18 Å². The van der Waals surface area contributed by atoms with Crippen molar-refractivity contribution in [1.29, 1.82) is 0 Å². The number of alkyl halides is 3. The Morgan fingerprint density at radius 3 is 2.35 bits per heavy atom. The van der Waals surface area contributed by atoms with Crippen LogP contribution in [-0.2, 0) is 4.79 Å². The third kappa shape index (κ3) is 3.54. The monoisotopic (exact) mass is 330 g/mol. The third-order valence-electron chi connectivity index (χ3n) is 3.85. The molecule has 0 unspecified atom stereocenters. The molecular formula is C14H17F3N4O2. The van der Waals surface area contributed by atoms with Crippen LogP contribution in [0.3, 0.4) is 0 Å². The van der Waals surface area contributed by atoms with Gasteiger partial charge in [0.15, 0.2) is 0 Å². The van der Waals surface area contributed by atoms with Crippen LogP contribution >= 0.6 is 0 Å². The highest BCUT2D eigenvalue weighted by Gasteiger charge is 2.52. The van der Waals surface area contributed by atoms with E-state index in [0.717, 1.165) is 4.90 Å². The third-order valence-corrected chi connectivity index (χ3v) is 3.85. The van der Waals surface area contributed by atoms with Crippen molar-refractivity contribution < 1.29 is 22.8 Å². The molecule has 2 amide bonds. The van der Waals surface area contributed by atoms with Crippen molar-refractivity contribution in [2.24, 2.45) is 17.6 Å². The van der Waals surface area contributed by atoms with Crippen LogP contribution in [0.25, 0.3) is 0 Å². The van der Waals surface area contributed by atoms with E-state index in [1.54, 1.807) is 25.1 Å². The van der Waals surface area contributed by atoms with Gasteiger partial charge in [0.25, 0.3) is 5.91 Å². The molecule has 0 aromatic carbocycles. The number of carbonyl (C=O) groups is 2. The smallest absolute Gasteiger partial charge is 0.369 e. The molecule has 126 valence electrons. The van der Waals surface area contributed by atoms with E-state index in [0.29, 0.717) is 5.82 Å². The minimum Gasteiger partial charge on any atom is -0.369 e. The standard InChI is InChI=1S/C14H17F3N4O2/c1-20(2)11-4-3-8(5-19-11)13(23)21-6-9(12(18)22)10(7-21)14(15,16)17/h3-5,9-10H,6-7H2,1-2H3,(H2,18,22)/t9-,10-/m1/s1. The van der Waals surface area contributed by atoms with E-state index < -0.39 is 36.4 Å². The van der Waals surface area contributed by atoms with Crippen LogP contribution in [0.2, 0.25) is 0 Å². The number of amides is 2. The SMILES string of the molecule is CN(C)c1ccc(C(=O)N2C[C@@H](C(F)(F)F)[C@H](C(N)=O)C2)cn1. The molecule has 0 spiro atoms. The summed E-state index contributed by atoms with van der Waals surface area (Å²) in [6.07, 6.45) is -3.28. The molecule has 9 heteroatoms. The lowest BCUT2D eigenvalue weighted by Gasteiger charge is -2.19. The summed E-state index contributed by atoms with van der Waals surface area (Å²) < 4.78 is 39.0. The molecular weight excluding hydrogens is 313 g/mol. The quantitative estimate of drug-likeness (QED) is 0.892. The van der Waals surface area contributed by atoms with Gasteiger partial charge in [-0.1, -0.05) is 0 Å². The van der Waals surface area contributed by atoms with E-state index >= 15 is 0 Å². The highest BCUT2D eigenvalue weighted by Crippen LogP contribution is 2.37. The van der Waals surface area contributed by atoms with Gasteiger partial charge in [0.2, 0.25) is 5.91 Å². The Kier molecular flexibility index (Phi) is 4.49. The fraction of sp³-hybridized carbons (Fsp3) is 0.500. The molecule has 2 N–H and O–H groups in total. The van der Waals surface area contributed by atoms with Crippen molar-refractivity contribution >= 4 is 17.6 Å². The lowest BCUT2D eigenvalue weighted by molar-refractivity contribution is -0.182. The maximum absolute atomic E-state index is 13.0. The number of nitrogens with two attached hydrogens (primary N) is 1. The van der Waals surface area contributed by atoms with Crippen LogP contribution in [0.15, 0.2) is 18.3 Å². The first kappa shape index (κ1) is 17.0. The zero-order valence-electron chi connectivity index (χ0n) is 12.7. The first-order valence-corrected chi connectivity index (χ1v) is 6.90. The number of primary amides is 1. The van der Waals surface area contributed by atoms with E-state index in [1.165, 1.54) is 12.3 Å². The van der Waals surface area contributed by atoms with E-state index in [1.807, 2.05) is 0 Å². The van der Waals surface area contributed by atoms with E-state index in [4.69, 9.17) is 5.73 Å². The van der Waals surface area contributed by atoms with Crippen LogP contribution in [0.1, 0.15) is 10.4 Å². The molecule has 2 atom stereocenters. The Balaban J connectivity index is 2.18. The summed E-state index contributed by atoms with van der Waals surface area (Å²) in [5.74, 6) is -4.39. The molecule has 1 aliphatic rings. The number of aromatic nitrogens is 1. The minimum absolute atomic E-state index is 0.168. The fourth-order valence-electron chi connectivity index (χ4n) is 2.55. The fourth-order valence-corrected chi connectivity index (χ4v) is 2.55. The Hall–Kier alpha value is -2.32. The zero-order chi connectivity index (χ0) is 17.4. The van der Waals surface area contributed by atoms with Crippen LogP contribution in [0.5, 0.6) is 0 Å². The van der Waals surface area contributed by atoms with E-state index in [2.05, 4.69) is 4.98 Å². The molecule has 1 saturated heterocycles. The number of carbonyl (C=O) groups excluding carboxylic acids is 2. The number of pyridine rings is 1. The molecule has 0 bridgehead atoms. The van der Waals surface area contributed by atoms with Crippen molar-refractivity contribution in [2.75, 3.05) is 32.1 Å². The summed E-state index contributed by atoms with van der Waals surface area (Å²) in [5, 5.41) is 0. The summed E-state index contributed by atoms with van der Waals surface area (Å²) in [5.41, 5.74) is 5.21. The first-order chi connectivity index (χ1) is 10.6. The number of nitrogens with zero attached hydrogens (tertiary/aromatic N) is 3. The van der Waals surface area contributed by atoms with Gasteiger partial charge in [-0.15, -0.1) is 0 Å². The van der Waals surface area contributed by atoms with Crippen molar-refractivity contribution in [3.05, 3.63) is 23.9 Å². The molecule has 2 rings (SSSR count). The highest BCUT2D eigenvalue weighted by atomic mass is 19.4. The van der Waals surface area contributed by atoms with Gasteiger partial charge in [-0.2, -0.15) is 13.2 Å².